The van der Waals surface area contributed by atoms with E-state index in [0.29, 0.717) is 6.61 Å². The molecule has 196 valence electrons. The van der Waals surface area contributed by atoms with Crippen LogP contribution in [0.15, 0.2) is 60.7 Å². The molecule has 3 amide bonds. The normalized spacial score (nSPS) is 13.4. The Hall–Kier alpha value is -3.17. The van der Waals surface area contributed by atoms with Crippen LogP contribution in [0.2, 0.25) is 18.1 Å². The molecule has 4 N–H and O–H groups in total. The lowest BCUT2D eigenvalue weighted by Crippen LogP contribution is -2.54. The standard InChI is InChI=1S/C27H39N3O5Si/c1-27(2,3)36(4,5)35-17-16-22(24(28)31)29-25(32)23(18-20-12-8-6-9-13-20)30-26(33)34-19-21-14-10-7-11-15-21/h6-15,22-23H,16-19H2,1-5H3,(H2,28,31)(H,29,32)(H,30,33)/t22-,23+/m0/s1. The van der Waals surface area contributed by atoms with Crippen LogP contribution in [-0.2, 0) is 31.8 Å². The Kier molecular flexibility index (Phi) is 10.7. The summed E-state index contributed by atoms with van der Waals surface area (Å²) < 4.78 is 11.4. The second-order valence-electron chi connectivity index (χ2n) is 10.3. The Bertz CT molecular complexity index is 993. The quantitative estimate of drug-likeness (QED) is 0.372. The molecule has 0 heterocycles. The fourth-order valence-corrected chi connectivity index (χ4v) is 4.23. The lowest BCUT2D eigenvalue weighted by atomic mass is 10.0. The van der Waals surface area contributed by atoms with Crippen molar-refractivity contribution < 1.29 is 23.5 Å². The molecule has 2 rings (SSSR count). The molecule has 2 aromatic carbocycles. The highest BCUT2D eigenvalue weighted by atomic mass is 28.4. The summed E-state index contributed by atoms with van der Waals surface area (Å²) >= 11 is 0. The minimum atomic E-state index is -2.02. The molecule has 8 nitrogen and oxygen atoms in total. The predicted octanol–water partition coefficient (Wildman–Crippen LogP) is 3.91. The van der Waals surface area contributed by atoms with E-state index >= 15 is 0 Å². The number of alkyl carbamates (subject to hydrolysis) is 1. The van der Waals surface area contributed by atoms with Gasteiger partial charge in [0.15, 0.2) is 8.32 Å². The minimum Gasteiger partial charge on any atom is -0.445 e. The predicted molar refractivity (Wildman–Crippen MR) is 143 cm³/mol. The van der Waals surface area contributed by atoms with E-state index in [-0.39, 0.29) is 24.5 Å². The third kappa shape index (κ3) is 9.47. The van der Waals surface area contributed by atoms with E-state index in [0.717, 1.165) is 11.1 Å². The molecule has 0 unspecified atom stereocenters. The van der Waals surface area contributed by atoms with Crippen LogP contribution in [0.3, 0.4) is 0 Å². The number of hydrogen-bond acceptors (Lipinski definition) is 5. The molecule has 36 heavy (non-hydrogen) atoms. The van der Waals surface area contributed by atoms with Crippen molar-refractivity contribution >= 4 is 26.2 Å². The molecular formula is C27H39N3O5Si. The van der Waals surface area contributed by atoms with Gasteiger partial charge in [0, 0.05) is 13.0 Å². The van der Waals surface area contributed by atoms with Crippen LogP contribution in [-0.4, -0.2) is 44.9 Å². The van der Waals surface area contributed by atoms with E-state index in [9.17, 15) is 14.4 Å². The van der Waals surface area contributed by atoms with Crippen molar-refractivity contribution in [3.05, 3.63) is 71.8 Å². The van der Waals surface area contributed by atoms with Gasteiger partial charge in [-0.05, 0) is 35.7 Å². The van der Waals surface area contributed by atoms with Gasteiger partial charge < -0.3 is 25.5 Å². The molecule has 0 spiro atoms. The summed E-state index contributed by atoms with van der Waals surface area (Å²) in [5.74, 6) is -1.18. The Morgan fingerprint density at radius 2 is 1.44 bits per heavy atom. The molecule has 0 aliphatic carbocycles. The van der Waals surface area contributed by atoms with Crippen LogP contribution >= 0.6 is 0 Å². The monoisotopic (exact) mass is 513 g/mol. The van der Waals surface area contributed by atoms with Crippen LogP contribution in [0.5, 0.6) is 0 Å². The van der Waals surface area contributed by atoms with Gasteiger partial charge in [-0.3, -0.25) is 9.59 Å². The van der Waals surface area contributed by atoms with Crippen molar-refractivity contribution in [1.82, 2.24) is 10.6 Å². The van der Waals surface area contributed by atoms with Gasteiger partial charge in [-0.1, -0.05) is 81.4 Å². The van der Waals surface area contributed by atoms with E-state index in [2.05, 4.69) is 44.5 Å². The number of nitrogens with one attached hydrogen (secondary N) is 2. The molecule has 2 atom stereocenters. The molecule has 2 aromatic rings. The number of hydrogen-bond donors (Lipinski definition) is 3. The minimum absolute atomic E-state index is 0.0171. The Morgan fingerprint density at radius 1 is 0.889 bits per heavy atom. The molecule has 0 aromatic heterocycles. The van der Waals surface area contributed by atoms with Crippen molar-refractivity contribution in [2.75, 3.05) is 6.61 Å². The summed E-state index contributed by atoms with van der Waals surface area (Å²) in [7, 11) is -2.02. The second-order valence-corrected chi connectivity index (χ2v) is 15.1. The van der Waals surface area contributed by atoms with Crippen LogP contribution in [0.25, 0.3) is 0 Å². The molecule has 0 aliphatic heterocycles. The first kappa shape index (κ1) is 29.1. The highest BCUT2D eigenvalue weighted by Crippen LogP contribution is 2.36. The maximum atomic E-state index is 13.2. The van der Waals surface area contributed by atoms with Crippen molar-refractivity contribution in [2.24, 2.45) is 5.73 Å². The summed E-state index contributed by atoms with van der Waals surface area (Å²) in [6, 6.07) is 16.6. The van der Waals surface area contributed by atoms with E-state index in [4.69, 9.17) is 14.9 Å². The number of carbonyl (C=O) groups is 3. The number of primary amides is 1. The van der Waals surface area contributed by atoms with Crippen molar-refractivity contribution in [3.8, 4) is 0 Å². The first-order valence-electron chi connectivity index (χ1n) is 12.1. The lowest BCUT2D eigenvalue weighted by molar-refractivity contribution is -0.128. The van der Waals surface area contributed by atoms with Gasteiger partial charge >= 0.3 is 6.09 Å². The fourth-order valence-electron chi connectivity index (χ4n) is 3.17. The SMILES string of the molecule is CC(C)(C)[Si](C)(C)OCC[C@H](NC(=O)[C@@H](Cc1ccccc1)NC(=O)OCc1ccccc1)C(N)=O. The van der Waals surface area contributed by atoms with Gasteiger partial charge in [0.2, 0.25) is 11.8 Å². The van der Waals surface area contributed by atoms with Crippen LogP contribution in [0.4, 0.5) is 4.79 Å². The van der Waals surface area contributed by atoms with E-state index in [1.807, 2.05) is 60.7 Å². The second kappa shape index (κ2) is 13.2. The average molecular weight is 514 g/mol. The van der Waals surface area contributed by atoms with Gasteiger partial charge in [0.25, 0.3) is 0 Å². The Balaban J connectivity index is 2.04. The number of carbonyl (C=O) groups excluding carboxylic acids is 3. The molecule has 0 saturated carbocycles. The number of ether oxygens (including phenoxy) is 1. The first-order chi connectivity index (χ1) is 16.9. The number of rotatable bonds is 12. The number of benzene rings is 2. The molecule has 0 saturated heterocycles. The van der Waals surface area contributed by atoms with Gasteiger partial charge in [-0.2, -0.15) is 0 Å². The fraction of sp³-hybridized carbons (Fsp3) is 0.444. The maximum absolute atomic E-state index is 13.2. The highest BCUT2D eigenvalue weighted by Gasteiger charge is 2.37. The van der Waals surface area contributed by atoms with Gasteiger partial charge in [0.05, 0.1) is 0 Å². The molecule has 0 aliphatic rings. The van der Waals surface area contributed by atoms with Crippen molar-refractivity contribution in [3.63, 3.8) is 0 Å². The largest absolute Gasteiger partial charge is 0.445 e. The summed E-state index contributed by atoms with van der Waals surface area (Å²) in [6.45, 7) is 11.0. The highest BCUT2D eigenvalue weighted by molar-refractivity contribution is 6.74. The van der Waals surface area contributed by atoms with E-state index < -0.39 is 38.3 Å². The van der Waals surface area contributed by atoms with E-state index in [1.165, 1.54) is 0 Å². The Morgan fingerprint density at radius 3 is 1.97 bits per heavy atom. The number of amides is 3. The summed E-state index contributed by atoms with van der Waals surface area (Å²) in [4.78, 5) is 37.8. The molecular weight excluding hydrogens is 474 g/mol. The molecule has 0 bridgehead atoms. The zero-order valence-electron chi connectivity index (χ0n) is 21.9. The van der Waals surface area contributed by atoms with E-state index in [1.54, 1.807) is 0 Å². The van der Waals surface area contributed by atoms with Crippen LogP contribution in [0.1, 0.15) is 38.3 Å². The summed E-state index contributed by atoms with van der Waals surface area (Å²) in [5, 5.41) is 5.34. The smallest absolute Gasteiger partial charge is 0.408 e. The van der Waals surface area contributed by atoms with Crippen LogP contribution < -0.4 is 16.4 Å². The third-order valence-corrected chi connectivity index (χ3v) is 11.0. The van der Waals surface area contributed by atoms with Crippen molar-refractivity contribution in [1.29, 1.82) is 0 Å². The third-order valence-electron chi connectivity index (χ3n) is 6.44. The molecule has 9 heteroatoms. The summed E-state index contributed by atoms with van der Waals surface area (Å²) in [5.41, 5.74) is 7.25. The van der Waals surface area contributed by atoms with Gasteiger partial charge in [0.1, 0.15) is 18.7 Å². The topological polar surface area (TPSA) is 120 Å². The van der Waals surface area contributed by atoms with Crippen molar-refractivity contribution in [2.45, 2.75) is 70.4 Å². The van der Waals surface area contributed by atoms with Gasteiger partial charge in [-0.15, -0.1) is 0 Å². The first-order valence-corrected chi connectivity index (χ1v) is 15.0. The zero-order chi connectivity index (χ0) is 26.8. The zero-order valence-corrected chi connectivity index (χ0v) is 22.9. The summed E-state index contributed by atoms with van der Waals surface area (Å²) in [6.07, 6.45) is -0.268. The van der Waals surface area contributed by atoms with Gasteiger partial charge in [-0.25, -0.2) is 4.79 Å². The Labute approximate surface area is 215 Å². The lowest BCUT2D eigenvalue weighted by Gasteiger charge is -2.36. The molecule has 0 fully saturated rings. The molecule has 0 radical (unpaired) electrons. The van der Waals surface area contributed by atoms with Crippen LogP contribution in [0, 0.1) is 0 Å². The maximum Gasteiger partial charge on any atom is 0.408 e. The number of nitrogens with two attached hydrogens (primary N) is 1. The average Bonchev–Trinajstić information content (AvgIpc) is 2.82.